The van der Waals surface area contributed by atoms with Gasteiger partial charge in [0, 0.05) is 18.8 Å². The Kier molecular flexibility index (Phi) is 3.56. The summed E-state index contributed by atoms with van der Waals surface area (Å²) in [6.07, 6.45) is 5.48. The highest BCUT2D eigenvalue weighted by Gasteiger charge is 2.10. The van der Waals surface area contributed by atoms with E-state index in [1.807, 2.05) is 25.3 Å². The Hall–Kier alpha value is -2.43. The SMILES string of the molecule is CCCc1nnc2c(=O)n(Cc3ccc(C)cc3)ccn12. The number of hydrogen-bond donors (Lipinski definition) is 0. The van der Waals surface area contributed by atoms with Crippen LogP contribution in [-0.4, -0.2) is 19.2 Å². The highest BCUT2D eigenvalue weighted by atomic mass is 16.1. The Balaban J connectivity index is 1.98. The van der Waals surface area contributed by atoms with Crippen LogP contribution in [-0.2, 0) is 13.0 Å². The average Bonchev–Trinajstić information content (AvgIpc) is 2.89. The summed E-state index contributed by atoms with van der Waals surface area (Å²) in [5.41, 5.74) is 2.60. The molecule has 3 rings (SSSR count). The first-order valence-corrected chi connectivity index (χ1v) is 7.17. The van der Waals surface area contributed by atoms with E-state index in [-0.39, 0.29) is 5.56 Å². The Morgan fingerprint density at radius 3 is 2.57 bits per heavy atom. The molecule has 1 aromatic carbocycles. The third-order valence-corrected chi connectivity index (χ3v) is 3.56. The van der Waals surface area contributed by atoms with Crippen molar-refractivity contribution in [2.75, 3.05) is 0 Å². The molecule has 5 heteroatoms. The zero-order valence-corrected chi connectivity index (χ0v) is 12.3. The van der Waals surface area contributed by atoms with Crippen molar-refractivity contribution in [1.82, 2.24) is 19.2 Å². The summed E-state index contributed by atoms with van der Waals surface area (Å²) in [4.78, 5) is 12.5. The molecule has 0 spiro atoms. The summed E-state index contributed by atoms with van der Waals surface area (Å²) >= 11 is 0. The van der Waals surface area contributed by atoms with Gasteiger partial charge in [-0.1, -0.05) is 36.8 Å². The highest BCUT2D eigenvalue weighted by molar-refractivity contribution is 5.35. The van der Waals surface area contributed by atoms with E-state index in [0.29, 0.717) is 12.2 Å². The molecule has 0 atom stereocenters. The molecule has 0 bridgehead atoms. The number of rotatable bonds is 4. The molecule has 0 radical (unpaired) electrons. The van der Waals surface area contributed by atoms with Crippen LogP contribution in [0.3, 0.4) is 0 Å². The van der Waals surface area contributed by atoms with Crippen LogP contribution in [0.2, 0.25) is 0 Å². The summed E-state index contributed by atoms with van der Waals surface area (Å²) in [6.45, 7) is 4.68. The van der Waals surface area contributed by atoms with Gasteiger partial charge >= 0.3 is 0 Å². The standard InChI is InChI=1S/C16H18N4O/c1-3-4-14-17-18-15-16(21)19(9-10-20(14)15)11-13-7-5-12(2)6-8-13/h5-10H,3-4,11H2,1-2H3. The number of aryl methyl sites for hydroxylation is 2. The summed E-state index contributed by atoms with van der Waals surface area (Å²) in [5, 5.41) is 8.14. The van der Waals surface area contributed by atoms with Crippen LogP contribution in [0.1, 0.15) is 30.3 Å². The monoisotopic (exact) mass is 282 g/mol. The molecule has 2 heterocycles. The molecule has 0 amide bonds. The van der Waals surface area contributed by atoms with E-state index in [0.717, 1.165) is 24.2 Å². The van der Waals surface area contributed by atoms with Gasteiger partial charge in [0.2, 0.25) is 5.65 Å². The largest absolute Gasteiger partial charge is 0.306 e. The lowest BCUT2D eigenvalue weighted by Gasteiger charge is -2.07. The molecular weight excluding hydrogens is 264 g/mol. The molecule has 0 saturated carbocycles. The number of fused-ring (bicyclic) bond motifs is 1. The molecule has 0 aliphatic rings. The minimum atomic E-state index is -0.104. The molecule has 21 heavy (non-hydrogen) atoms. The van der Waals surface area contributed by atoms with Crippen molar-refractivity contribution in [1.29, 1.82) is 0 Å². The minimum Gasteiger partial charge on any atom is -0.306 e. The van der Waals surface area contributed by atoms with Gasteiger partial charge in [-0.25, -0.2) is 0 Å². The van der Waals surface area contributed by atoms with Gasteiger partial charge in [-0.2, -0.15) is 0 Å². The van der Waals surface area contributed by atoms with E-state index in [9.17, 15) is 4.79 Å². The summed E-state index contributed by atoms with van der Waals surface area (Å²) in [7, 11) is 0. The van der Waals surface area contributed by atoms with Crippen LogP contribution in [0, 0.1) is 6.92 Å². The fourth-order valence-corrected chi connectivity index (χ4v) is 2.38. The Labute approximate surface area is 122 Å². The van der Waals surface area contributed by atoms with E-state index in [2.05, 4.69) is 29.3 Å². The summed E-state index contributed by atoms with van der Waals surface area (Å²) < 4.78 is 3.46. The number of nitrogens with zero attached hydrogens (tertiary/aromatic N) is 4. The Morgan fingerprint density at radius 2 is 1.86 bits per heavy atom. The zero-order chi connectivity index (χ0) is 14.8. The van der Waals surface area contributed by atoms with Crippen LogP contribution in [0.5, 0.6) is 0 Å². The van der Waals surface area contributed by atoms with Gasteiger partial charge in [-0.3, -0.25) is 9.20 Å². The van der Waals surface area contributed by atoms with Gasteiger partial charge in [-0.05, 0) is 18.9 Å². The molecule has 0 unspecified atom stereocenters. The average molecular weight is 282 g/mol. The van der Waals surface area contributed by atoms with Crippen molar-refractivity contribution < 1.29 is 0 Å². The number of aromatic nitrogens is 4. The Morgan fingerprint density at radius 1 is 1.10 bits per heavy atom. The molecule has 5 nitrogen and oxygen atoms in total. The third-order valence-electron chi connectivity index (χ3n) is 3.56. The second-order valence-corrected chi connectivity index (χ2v) is 5.28. The molecule has 0 saturated heterocycles. The second kappa shape index (κ2) is 5.52. The van der Waals surface area contributed by atoms with Crippen LogP contribution < -0.4 is 5.56 Å². The molecule has 0 aliphatic carbocycles. The second-order valence-electron chi connectivity index (χ2n) is 5.28. The van der Waals surface area contributed by atoms with Crippen LogP contribution in [0.4, 0.5) is 0 Å². The highest BCUT2D eigenvalue weighted by Crippen LogP contribution is 2.06. The molecule has 0 fully saturated rings. The summed E-state index contributed by atoms with van der Waals surface area (Å²) in [6, 6.07) is 8.18. The van der Waals surface area contributed by atoms with Gasteiger partial charge in [0.05, 0.1) is 6.54 Å². The molecule has 0 aliphatic heterocycles. The van der Waals surface area contributed by atoms with E-state index < -0.39 is 0 Å². The van der Waals surface area contributed by atoms with E-state index >= 15 is 0 Å². The van der Waals surface area contributed by atoms with E-state index in [1.165, 1.54) is 5.56 Å². The van der Waals surface area contributed by atoms with Crippen LogP contribution in [0.25, 0.3) is 5.65 Å². The lowest BCUT2D eigenvalue weighted by atomic mass is 10.1. The molecule has 108 valence electrons. The zero-order valence-electron chi connectivity index (χ0n) is 12.3. The molecule has 2 aromatic heterocycles. The van der Waals surface area contributed by atoms with E-state index in [4.69, 9.17) is 0 Å². The van der Waals surface area contributed by atoms with Gasteiger partial charge in [0.25, 0.3) is 5.56 Å². The fourth-order valence-electron chi connectivity index (χ4n) is 2.38. The van der Waals surface area contributed by atoms with Crippen molar-refractivity contribution in [2.24, 2.45) is 0 Å². The predicted octanol–water partition coefficient (Wildman–Crippen LogP) is 2.20. The van der Waals surface area contributed by atoms with Gasteiger partial charge in [-0.15, -0.1) is 10.2 Å². The maximum Gasteiger partial charge on any atom is 0.296 e. The molecular formula is C16H18N4O. The van der Waals surface area contributed by atoms with Crippen molar-refractivity contribution in [2.45, 2.75) is 33.2 Å². The van der Waals surface area contributed by atoms with Gasteiger partial charge in [0.1, 0.15) is 5.82 Å². The third kappa shape index (κ3) is 2.59. The predicted molar refractivity (Wildman–Crippen MR) is 81.5 cm³/mol. The van der Waals surface area contributed by atoms with Gasteiger partial charge < -0.3 is 4.57 Å². The summed E-state index contributed by atoms with van der Waals surface area (Å²) in [5.74, 6) is 0.840. The number of benzene rings is 1. The maximum atomic E-state index is 12.5. The van der Waals surface area contributed by atoms with Crippen LogP contribution >= 0.6 is 0 Å². The Bertz CT molecular complexity index is 814. The van der Waals surface area contributed by atoms with Crippen LogP contribution in [0.15, 0.2) is 41.5 Å². The van der Waals surface area contributed by atoms with Crippen molar-refractivity contribution >= 4 is 5.65 Å². The van der Waals surface area contributed by atoms with E-state index in [1.54, 1.807) is 15.2 Å². The smallest absolute Gasteiger partial charge is 0.296 e. The van der Waals surface area contributed by atoms with Gasteiger partial charge in [0.15, 0.2) is 0 Å². The lowest BCUT2D eigenvalue weighted by molar-refractivity contribution is 0.743. The topological polar surface area (TPSA) is 52.2 Å². The first-order valence-electron chi connectivity index (χ1n) is 7.17. The maximum absolute atomic E-state index is 12.5. The first-order chi connectivity index (χ1) is 10.2. The number of hydrogen-bond acceptors (Lipinski definition) is 3. The molecule has 0 N–H and O–H groups in total. The van der Waals surface area contributed by atoms with Crippen molar-refractivity contribution in [3.63, 3.8) is 0 Å². The molecule has 3 aromatic rings. The lowest BCUT2D eigenvalue weighted by Crippen LogP contribution is -2.22. The quantitative estimate of drug-likeness (QED) is 0.737. The van der Waals surface area contributed by atoms with Crippen molar-refractivity contribution in [3.8, 4) is 0 Å². The fraction of sp³-hybridized carbons (Fsp3) is 0.312. The van der Waals surface area contributed by atoms with Crippen molar-refractivity contribution in [3.05, 3.63) is 64.0 Å². The minimum absolute atomic E-state index is 0.104. The normalized spacial score (nSPS) is 11.1. The first kappa shape index (κ1) is 13.5.